The molecule has 0 atom stereocenters. The van der Waals surface area contributed by atoms with Crippen LogP contribution in [0.3, 0.4) is 0 Å². The van der Waals surface area contributed by atoms with Crippen molar-refractivity contribution in [3.8, 4) is 6.07 Å². The van der Waals surface area contributed by atoms with E-state index in [9.17, 15) is 4.79 Å². The van der Waals surface area contributed by atoms with Crippen molar-refractivity contribution in [2.75, 3.05) is 5.32 Å². The van der Waals surface area contributed by atoms with Crippen LogP contribution < -0.4 is 10.6 Å². The molecule has 1 amide bonds. The summed E-state index contributed by atoms with van der Waals surface area (Å²) in [5, 5.41) is 15.4. The number of hydrogen-bond acceptors (Lipinski definition) is 3. The molecule has 2 aromatic rings. The quantitative estimate of drug-likeness (QED) is 0.530. The standard InChI is InChI=1S/C17H12BrCl2N3O/c18-13-3-1-2-11(6-13)9-22-10-12(8-21)17(24)23-16-7-14(19)4-5-15(16)20/h1-7,10,22H,9H2,(H,23,24)/b12-10-. The van der Waals surface area contributed by atoms with Gasteiger partial charge in [-0.2, -0.15) is 5.26 Å². The van der Waals surface area contributed by atoms with Crippen molar-refractivity contribution in [3.05, 3.63) is 74.3 Å². The van der Waals surface area contributed by atoms with Gasteiger partial charge in [0.25, 0.3) is 5.91 Å². The summed E-state index contributed by atoms with van der Waals surface area (Å²) in [6.45, 7) is 0.482. The number of hydrogen-bond donors (Lipinski definition) is 2. The summed E-state index contributed by atoms with van der Waals surface area (Å²) >= 11 is 15.3. The summed E-state index contributed by atoms with van der Waals surface area (Å²) in [7, 11) is 0. The smallest absolute Gasteiger partial charge is 0.267 e. The molecular formula is C17H12BrCl2N3O. The highest BCUT2D eigenvalue weighted by Gasteiger charge is 2.11. The normalized spacial score (nSPS) is 10.8. The highest BCUT2D eigenvalue weighted by molar-refractivity contribution is 9.10. The van der Waals surface area contributed by atoms with Gasteiger partial charge in [0.15, 0.2) is 0 Å². The van der Waals surface area contributed by atoms with Gasteiger partial charge in [0.05, 0.1) is 10.7 Å². The Hall–Kier alpha value is -2.00. The van der Waals surface area contributed by atoms with Gasteiger partial charge in [-0.05, 0) is 35.9 Å². The van der Waals surface area contributed by atoms with Crippen LogP contribution in [0.2, 0.25) is 10.0 Å². The largest absolute Gasteiger partial charge is 0.386 e. The summed E-state index contributed by atoms with van der Waals surface area (Å²) in [5.74, 6) is -0.566. The molecule has 7 heteroatoms. The van der Waals surface area contributed by atoms with Gasteiger partial charge in [-0.3, -0.25) is 4.79 Å². The third kappa shape index (κ3) is 5.27. The van der Waals surface area contributed by atoms with Crippen LogP contribution in [0.5, 0.6) is 0 Å². The first-order valence-corrected chi connectivity index (χ1v) is 8.39. The van der Waals surface area contributed by atoms with Crippen LogP contribution in [0, 0.1) is 11.3 Å². The van der Waals surface area contributed by atoms with Gasteiger partial charge in [0.2, 0.25) is 0 Å². The third-order valence-electron chi connectivity index (χ3n) is 2.98. The van der Waals surface area contributed by atoms with Crippen LogP contribution in [0.1, 0.15) is 5.56 Å². The number of carbonyl (C=O) groups is 1. The van der Waals surface area contributed by atoms with E-state index >= 15 is 0 Å². The Morgan fingerprint density at radius 3 is 2.75 bits per heavy atom. The van der Waals surface area contributed by atoms with Crippen LogP contribution >= 0.6 is 39.1 Å². The zero-order valence-electron chi connectivity index (χ0n) is 12.3. The summed E-state index contributed by atoms with van der Waals surface area (Å²) in [4.78, 5) is 12.2. The Morgan fingerprint density at radius 2 is 2.04 bits per heavy atom. The van der Waals surface area contributed by atoms with Gasteiger partial charge >= 0.3 is 0 Å². The molecule has 0 bridgehead atoms. The van der Waals surface area contributed by atoms with Crippen LogP contribution in [0.4, 0.5) is 5.69 Å². The molecule has 0 aliphatic heterocycles. The molecule has 24 heavy (non-hydrogen) atoms. The molecule has 2 aromatic carbocycles. The van der Waals surface area contributed by atoms with Gasteiger partial charge in [-0.25, -0.2) is 0 Å². The van der Waals surface area contributed by atoms with Gasteiger partial charge in [-0.15, -0.1) is 0 Å². The zero-order chi connectivity index (χ0) is 17.5. The minimum absolute atomic E-state index is 0.0685. The molecule has 0 fully saturated rings. The molecule has 0 heterocycles. The predicted molar refractivity (Wildman–Crippen MR) is 99.8 cm³/mol. The fourth-order valence-corrected chi connectivity index (χ4v) is 2.63. The lowest BCUT2D eigenvalue weighted by Gasteiger charge is -2.07. The first-order valence-electron chi connectivity index (χ1n) is 6.84. The minimum Gasteiger partial charge on any atom is -0.386 e. The highest BCUT2D eigenvalue weighted by Crippen LogP contribution is 2.25. The Morgan fingerprint density at radius 1 is 1.25 bits per heavy atom. The number of nitriles is 1. The molecule has 2 rings (SSSR count). The van der Waals surface area contributed by atoms with E-state index in [1.54, 1.807) is 12.1 Å². The average Bonchev–Trinajstić information content (AvgIpc) is 2.55. The Bertz CT molecular complexity index is 831. The van der Waals surface area contributed by atoms with Crippen molar-refractivity contribution >= 4 is 50.7 Å². The molecule has 122 valence electrons. The van der Waals surface area contributed by atoms with E-state index < -0.39 is 5.91 Å². The third-order valence-corrected chi connectivity index (χ3v) is 4.04. The lowest BCUT2D eigenvalue weighted by molar-refractivity contribution is -0.112. The van der Waals surface area contributed by atoms with Gasteiger partial charge < -0.3 is 10.6 Å². The van der Waals surface area contributed by atoms with Gasteiger partial charge in [0, 0.05) is 22.2 Å². The summed E-state index contributed by atoms with van der Waals surface area (Å²) < 4.78 is 0.958. The molecule has 0 spiro atoms. The Labute approximate surface area is 158 Å². The second kappa shape index (κ2) is 8.74. The van der Waals surface area contributed by atoms with Crippen LogP contribution in [0.15, 0.2) is 58.7 Å². The van der Waals surface area contributed by atoms with E-state index in [2.05, 4.69) is 26.6 Å². The maximum Gasteiger partial charge on any atom is 0.267 e. The van der Waals surface area contributed by atoms with Crippen molar-refractivity contribution < 1.29 is 4.79 Å². The highest BCUT2D eigenvalue weighted by atomic mass is 79.9. The Balaban J connectivity index is 2.03. The van der Waals surface area contributed by atoms with E-state index in [4.69, 9.17) is 28.5 Å². The lowest BCUT2D eigenvalue weighted by atomic mass is 10.2. The molecule has 0 aromatic heterocycles. The molecule has 0 saturated carbocycles. The van der Waals surface area contributed by atoms with E-state index in [-0.39, 0.29) is 5.57 Å². The maximum absolute atomic E-state index is 12.2. The summed E-state index contributed by atoms with van der Waals surface area (Å²) in [5.41, 5.74) is 1.29. The molecular weight excluding hydrogens is 413 g/mol. The monoisotopic (exact) mass is 423 g/mol. The average molecular weight is 425 g/mol. The van der Waals surface area contributed by atoms with E-state index in [0.717, 1.165) is 10.0 Å². The molecule has 0 saturated heterocycles. The number of benzene rings is 2. The number of nitrogens with zero attached hydrogens (tertiary/aromatic N) is 1. The number of anilines is 1. The second-order valence-corrected chi connectivity index (χ2v) is 6.52. The summed E-state index contributed by atoms with van der Waals surface area (Å²) in [6.07, 6.45) is 1.37. The first-order chi connectivity index (χ1) is 11.5. The molecule has 0 unspecified atom stereocenters. The van der Waals surface area contributed by atoms with Crippen molar-refractivity contribution in [3.63, 3.8) is 0 Å². The van der Waals surface area contributed by atoms with Crippen LogP contribution in [-0.4, -0.2) is 5.91 Å². The van der Waals surface area contributed by atoms with Crippen LogP contribution in [-0.2, 0) is 11.3 Å². The van der Waals surface area contributed by atoms with Gasteiger partial charge in [-0.1, -0.05) is 51.3 Å². The van der Waals surface area contributed by atoms with Crippen molar-refractivity contribution in [2.45, 2.75) is 6.54 Å². The van der Waals surface area contributed by atoms with Crippen molar-refractivity contribution in [1.29, 1.82) is 5.26 Å². The van der Waals surface area contributed by atoms with E-state index in [0.29, 0.717) is 22.3 Å². The van der Waals surface area contributed by atoms with Crippen molar-refractivity contribution in [1.82, 2.24) is 5.32 Å². The predicted octanol–water partition coefficient (Wildman–Crippen LogP) is 4.89. The molecule has 0 radical (unpaired) electrons. The first kappa shape index (κ1) is 18.3. The SMILES string of the molecule is N#C/C(=C/NCc1cccc(Br)c1)C(=O)Nc1cc(Cl)ccc1Cl. The maximum atomic E-state index is 12.2. The minimum atomic E-state index is -0.566. The lowest BCUT2D eigenvalue weighted by Crippen LogP contribution is -2.16. The fraction of sp³-hybridized carbons (Fsp3) is 0.0588. The van der Waals surface area contributed by atoms with Crippen LogP contribution in [0.25, 0.3) is 0 Å². The molecule has 0 aliphatic carbocycles. The number of rotatable bonds is 5. The molecule has 0 aliphatic rings. The van der Waals surface area contributed by atoms with Crippen molar-refractivity contribution in [2.24, 2.45) is 0 Å². The van der Waals surface area contributed by atoms with E-state index in [1.807, 2.05) is 30.3 Å². The number of amides is 1. The summed E-state index contributed by atoms with van der Waals surface area (Å²) in [6, 6.07) is 14.3. The van der Waals surface area contributed by atoms with Gasteiger partial charge in [0.1, 0.15) is 11.6 Å². The number of halogens is 3. The fourth-order valence-electron chi connectivity index (χ4n) is 1.85. The molecule has 2 N–H and O–H groups in total. The molecule has 4 nitrogen and oxygen atoms in total. The topological polar surface area (TPSA) is 64.9 Å². The van der Waals surface area contributed by atoms with E-state index in [1.165, 1.54) is 12.3 Å². The number of carbonyl (C=O) groups excluding carboxylic acids is 1. The Kier molecular flexibility index (Phi) is 6.68. The second-order valence-electron chi connectivity index (χ2n) is 4.76. The zero-order valence-corrected chi connectivity index (χ0v) is 15.4. The number of nitrogens with one attached hydrogen (secondary N) is 2.